The van der Waals surface area contributed by atoms with Gasteiger partial charge in [-0.05, 0) is 30.0 Å². The Morgan fingerprint density at radius 2 is 2.26 bits per heavy atom. The smallest absolute Gasteiger partial charge is 0.0451 e. The van der Waals surface area contributed by atoms with Crippen molar-refractivity contribution in [2.45, 2.75) is 26.3 Å². The molecule has 0 bridgehead atoms. The van der Waals surface area contributed by atoms with E-state index in [0.717, 1.165) is 30.5 Å². The first-order valence-corrected chi connectivity index (χ1v) is 7.65. The largest absolute Gasteiger partial charge is 0.396 e. The van der Waals surface area contributed by atoms with Crippen molar-refractivity contribution >= 4 is 21.6 Å². The van der Waals surface area contributed by atoms with Gasteiger partial charge in [-0.15, -0.1) is 0 Å². The van der Waals surface area contributed by atoms with Crippen LogP contribution in [0.4, 0.5) is 5.69 Å². The molecule has 0 radical (unpaired) electrons. The van der Waals surface area contributed by atoms with E-state index < -0.39 is 0 Å². The Hall–Kier alpha value is -0.580. The Morgan fingerprint density at radius 3 is 2.95 bits per heavy atom. The predicted molar refractivity (Wildman–Crippen MR) is 83.6 cm³/mol. The molecule has 2 rings (SSSR count). The Labute approximate surface area is 124 Å². The summed E-state index contributed by atoms with van der Waals surface area (Å²) >= 11 is 3.54. The molecule has 19 heavy (non-hydrogen) atoms. The van der Waals surface area contributed by atoms with Crippen molar-refractivity contribution in [1.82, 2.24) is 5.32 Å². The van der Waals surface area contributed by atoms with Crippen LogP contribution in [-0.4, -0.2) is 37.4 Å². The number of nitrogens with one attached hydrogen (secondary N) is 1. The van der Waals surface area contributed by atoms with Gasteiger partial charge in [0.05, 0.1) is 0 Å². The van der Waals surface area contributed by atoms with E-state index in [2.05, 4.69) is 58.2 Å². The molecule has 1 aliphatic heterocycles. The molecule has 1 atom stereocenters. The quantitative estimate of drug-likeness (QED) is 0.896. The summed E-state index contributed by atoms with van der Waals surface area (Å²) in [7, 11) is 0. The van der Waals surface area contributed by atoms with E-state index in [9.17, 15) is 5.11 Å². The van der Waals surface area contributed by atoms with Gasteiger partial charge in [0.1, 0.15) is 0 Å². The third-order valence-electron chi connectivity index (χ3n) is 3.62. The van der Waals surface area contributed by atoms with Gasteiger partial charge in [0.25, 0.3) is 0 Å². The van der Waals surface area contributed by atoms with E-state index in [1.54, 1.807) is 0 Å². The van der Waals surface area contributed by atoms with E-state index in [-0.39, 0.29) is 12.0 Å². The lowest BCUT2D eigenvalue weighted by molar-refractivity contribution is 0.272. The van der Waals surface area contributed by atoms with Gasteiger partial charge < -0.3 is 15.3 Å². The van der Waals surface area contributed by atoms with Crippen LogP contribution in [0.25, 0.3) is 0 Å². The van der Waals surface area contributed by atoms with Gasteiger partial charge in [0.15, 0.2) is 0 Å². The fourth-order valence-corrected chi connectivity index (χ4v) is 3.08. The first-order valence-electron chi connectivity index (χ1n) is 6.86. The van der Waals surface area contributed by atoms with Gasteiger partial charge in [0, 0.05) is 42.4 Å². The van der Waals surface area contributed by atoms with Crippen molar-refractivity contribution < 1.29 is 5.11 Å². The fraction of sp³-hybridized carbons (Fsp3) is 0.600. The first-order chi connectivity index (χ1) is 9.02. The van der Waals surface area contributed by atoms with Crippen LogP contribution < -0.4 is 10.2 Å². The fourth-order valence-electron chi connectivity index (χ4n) is 2.70. The van der Waals surface area contributed by atoms with Gasteiger partial charge in [-0.25, -0.2) is 0 Å². The van der Waals surface area contributed by atoms with Crippen LogP contribution in [0.15, 0.2) is 28.7 Å². The maximum absolute atomic E-state index is 9.30. The van der Waals surface area contributed by atoms with Crippen LogP contribution in [0.3, 0.4) is 0 Å². The number of halogens is 1. The third-order valence-corrected chi connectivity index (χ3v) is 4.12. The molecular formula is C15H23BrN2O. The summed E-state index contributed by atoms with van der Waals surface area (Å²) in [5.41, 5.74) is 1.46. The first kappa shape index (κ1) is 14.8. The summed E-state index contributed by atoms with van der Waals surface area (Å²) in [5, 5.41) is 12.8. The molecule has 1 heterocycles. The molecule has 4 heteroatoms. The minimum Gasteiger partial charge on any atom is -0.396 e. The number of benzene rings is 1. The number of anilines is 1. The summed E-state index contributed by atoms with van der Waals surface area (Å²) < 4.78 is 1.10. The van der Waals surface area contributed by atoms with Crippen LogP contribution in [0.2, 0.25) is 0 Å². The number of hydrogen-bond acceptors (Lipinski definition) is 3. The van der Waals surface area contributed by atoms with Crippen LogP contribution in [0, 0.1) is 5.41 Å². The van der Waals surface area contributed by atoms with Gasteiger partial charge in [0.2, 0.25) is 0 Å². The van der Waals surface area contributed by atoms with Crippen LogP contribution >= 0.6 is 15.9 Å². The third kappa shape index (κ3) is 3.94. The van der Waals surface area contributed by atoms with Crippen LogP contribution in [-0.2, 0) is 0 Å². The van der Waals surface area contributed by atoms with E-state index in [1.165, 1.54) is 5.69 Å². The maximum atomic E-state index is 9.30. The molecule has 0 aromatic heterocycles. The SMILES string of the molecule is CC1(C)CNCC(CCO)N(c2cccc(Br)c2)C1. The second-order valence-corrected chi connectivity index (χ2v) is 6.98. The molecular weight excluding hydrogens is 304 g/mol. The average Bonchev–Trinajstić information content (AvgIpc) is 2.49. The maximum Gasteiger partial charge on any atom is 0.0451 e. The van der Waals surface area contributed by atoms with E-state index in [0.29, 0.717) is 6.04 Å². The molecule has 1 unspecified atom stereocenters. The van der Waals surface area contributed by atoms with Crippen molar-refractivity contribution in [3.63, 3.8) is 0 Å². The summed E-state index contributed by atoms with van der Waals surface area (Å²) in [6.07, 6.45) is 0.801. The zero-order chi connectivity index (χ0) is 13.9. The minimum atomic E-state index is 0.229. The standard InChI is InChI=1S/C15H23BrN2O/c1-15(2)10-17-9-14(6-7-19)18(11-15)13-5-3-4-12(16)8-13/h3-5,8,14,17,19H,6-7,9-11H2,1-2H3. The Balaban J connectivity index is 2.29. The van der Waals surface area contributed by atoms with Crippen molar-refractivity contribution in [2.75, 3.05) is 31.1 Å². The summed E-state index contributed by atoms with van der Waals surface area (Å²) in [6, 6.07) is 8.77. The average molecular weight is 327 g/mol. The van der Waals surface area contributed by atoms with Crippen LogP contribution in [0.1, 0.15) is 20.3 Å². The highest BCUT2D eigenvalue weighted by atomic mass is 79.9. The normalized spacial score (nSPS) is 23.2. The summed E-state index contributed by atoms with van der Waals surface area (Å²) in [5.74, 6) is 0. The number of hydrogen-bond donors (Lipinski definition) is 2. The molecule has 0 spiro atoms. The molecule has 3 nitrogen and oxygen atoms in total. The molecule has 2 N–H and O–H groups in total. The molecule has 1 saturated heterocycles. The predicted octanol–water partition coefficient (Wildman–Crippen LogP) is 2.64. The molecule has 0 saturated carbocycles. The zero-order valence-electron chi connectivity index (χ0n) is 11.7. The van der Waals surface area contributed by atoms with Crippen molar-refractivity contribution in [3.05, 3.63) is 28.7 Å². The van der Waals surface area contributed by atoms with Gasteiger partial charge in [-0.3, -0.25) is 0 Å². The lowest BCUT2D eigenvalue weighted by Gasteiger charge is -2.35. The van der Waals surface area contributed by atoms with Crippen molar-refractivity contribution in [3.8, 4) is 0 Å². The lowest BCUT2D eigenvalue weighted by atomic mass is 9.92. The second kappa shape index (κ2) is 6.25. The Morgan fingerprint density at radius 1 is 1.47 bits per heavy atom. The lowest BCUT2D eigenvalue weighted by Crippen LogP contribution is -2.42. The van der Waals surface area contributed by atoms with E-state index in [1.807, 2.05) is 6.07 Å². The van der Waals surface area contributed by atoms with Gasteiger partial charge in [-0.2, -0.15) is 0 Å². The molecule has 0 aliphatic carbocycles. The second-order valence-electron chi connectivity index (χ2n) is 6.07. The molecule has 106 valence electrons. The highest BCUT2D eigenvalue weighted by Crippen LogP contribution is 2.28. The number of rotatable bonds is 3. The van der Waals surface area contributed by atoms with Gasteiger partial charge >= 0.3 is 0 Å². The summed E-state index contributed by atoms with van der Waals surface area (Å²) in [4.78, 5) is 2.43. The Kier molecular flexibility index (Phi) is 4.87. The van der Waals surface area contributed by atoms with Crippen molar-refractivity contribution in [1.29, 1.82) is 0 Å². The van der Waals surface area contributed by atoms with Gasteiger partial charge in [-0.1, -0.05) is 35.8 Å². The molecule has 1 aromatic rings. The highest BCUT2D eigenvalue weighted by Gasteiger charge is 2.30. The highest BCUT2D eigenvalue weighted by molar-refractivity contribution is 9.10. The monoisotopic (exact) mass is 326 g/mol. The minimum absolute atomic E-state index is 0.229. The van der Waals surface area contributed by atoms with E-state index >= 15 is 0 Å². The zero-order valence-corrected chi connectivity index (χ0v) is 13.3. The van der Waals surface area contributed by atoms with Crippen LogP contribution in [0.5, 0.6) is 0 Å². The Bertz CT molecular complexity index is 422. The topological polar surface area (TPSA) is 35.5 Å². The molecule has 0 amide bonds. The molecule has 1 aliphatic rings. The summed E-state index contributed by atoms with van der Waals surface area (Å²) in [6.45, 7) is 7.74. The number of aliphatic hydroxyl groups excluding tert-OH is 1. The number of nitrogens with zero attached hydrogens (tertiary/aromatic N) is 1. The van der Waals surface area contributed by atoms with E-state index in [4.69, 9.17) is 0 Å². The molecule has 1 aromatic carbocycles. The molecule has 1 fully saturated rings. The number of aliphatic hydroxyl groups is 1. The van der Waals surface area contributed by atoms with Crippen molar-refractivity contribution in [2.24, 2.45) is 5.41 Å².